The molecule has 4 heterocycles. The van der Waals surface area contributed by atoms with Gasteiger partial charge in [0, 0.05) is 23.5 Å². The molecule has 0 unspecified atom stereocenters. The molecule has 6 rings (SSSR count). The fourth-order valence-electron chi connectivity index (χ4n) is 5.00. The van der Waals surface area contributed by atoms with Crippen molar-refractivity contribution in [3.63, 3.8) is 0 Å². The molecule has 2 fully saturated rings. The lowest BCUT2D eigenvalue weighted by molar-refractivity contribution is 0.224. The standard InChI is InChI=1S/C26H30N6O/c1-17-22(15-30-32(17)21-8-11-27-12-9-21)19-13-24-26(31(16-29-24)20-6-7-20)25(14-19)33-18(2)23-5-3-4-10-28-23/h3-5,10,13-16,18,20-21,27H,6-9,11-12H2,1-2H3/t18-/m1/s1. The van der Waals surface area contributed by atoms with Gasteiger partial charge in [0.15, 0.2) is 0 Å². The monoisotopic (exact) mass is 442 g/mol. The van der Waals surface area contributed by atoms with Crippen molar-refractivity contribution < 1.29 is 4.74 Å². The second-order valence-corrected chi connectivity index (χ2v) is 9.31. The third-order valence-corrected chi connectivity index (χ3v) is 6.99. The number of ether oxygens (including phenoxy) is 1. The first kappa shape index (κ1) is 20.4. The lowest BCUT2D eigenvalue weighted by Crippen LogP contribution is -2.30. The van der Waals surface area contributed by atoms with Crippen LogP contribution >= 0.6 is 0 Å². The van der Waals surface area contributed by atoms with Crippen LogP contribution in [0.15, 0.2) is 49.1 Å². The summed E-state index contributed by atoms with van der Waals surface area (Å²) < 4.78 is 11.0. The van der Waals surface area contributed by atoms with Crippen molar-refractivity contribution in [2.45, 2.75) is 57.7 Å². The molecule has 1 aliphatic carbocycles. The van der Waals surface area contributed by atoms with Crippen LogP contribution in [0.2, 0.25) is 0 Å². The molecule has 170 valence electrons. The molecular formula is C26H30N6O. The van der Waals surface area contributed by atoms with Crippen LogP contribution in [0, 0.1) is 6.92 Å². The zero-order chi connectivity index (χ0) is 22.4. The van der Waals surface area contributed by atoms with E-state index in [0.717, 1.165) is 59.5 Å². The summed E-state index contributed by atoms with van der Waals surface area (Å²) in [6.45, 7) is 6.33. The van der Waals surface area contributed by atoms with Crippen LogP contribution in [0.4, 0.5) is 0 Å². The van der Waals surface area contributed by atoms with Gasteiger partial charge in [0.05, 0.1) is 29.8 Å². The molecule has 0 spiro atoms. The van der Waals surface area contributed by atoms with Crippen LogP contribution in [0.3, 0.4) is 0 Å². The SMILES string of the molecule is Cc1c(-c2cc(O[C@H](C)c3ccccn3)c3c(c2)ncn3C2CC2)cnn1C1CCNCC1. The van der Waals surface area contributed by atoms with Gasteiger partial charge in [-0.3, -0.25) is 9.67 Å². The normalized spacial score (nSPS) is 18.0. The van der Waals surface area contributed by atoms with E-state index in [1.807, 2.05) is 36.9 Å². The average molecular weight is 443 g/mol. The highest BCUT2D eigenvalue weighted by Gasteiger charge is 2.28. The van der Waals surface area contributed by atoms with Crippen molar-refractivity contribution in [1.29, 1.82) is 0 Å². The van der Waals surface area contributed by atoms with Gasteiger partial charge in [-0.2, -0.15) is 5.10 Å². The Morgan fingerprint density at radius 1 is 1.06 bits per heavy atom. The predicted molar refractivity (Wildman–Crippen MR) is 128 cm³/mol. The smallest absolute Gasteiger partial charge is 0.146 e. The summed E-state index contributed by atoms with van der Waals surface area (Å²) in [4.78, 5) is 9.26. The maximum Gasteiger partial charge on any atom is 0.146 e. The van der Waals surface area contributed by atoms with Crippen LogP contribution in [-0.4, -0.2) is 37.4 Å². The van der Waals surface area contributed by atoms with Gasteiger partial charge < -0.3 is 14.6 Å². The van der Waals surface area contributed by atoms with Gasteiger partial charge in [0.2, 0.25) is 0 Å². The molecule has 2 aliphatic rings. The third kappa shape index (κ3) is 3.80. The van der Waals surface area contributed by atoms with Gasteiger partial charge in [-0.15, -0.1) is 0 Å². The number of rotatable bonds is 6. The number of aromatic nitrogens is 5. The molecule has 7 heteroatoms. The van der Waals surface area contributed by atoms with Crippen LogP contribution < -0.4 is 10.1 Å². The van der Waals surface area contributed by atoms with Gasteiger partial charge >= 0.3 is 0 Å². The molecule has 0 bridgehead atoms. The van der Waals surface area contributed by atoms with Crippen molar-refractivity contribution in [1.82, 2.24) is 29.6 Å². The van der Waals surface area contributed by atoms with E-state index < -0.39 is 0 Å². The second-order valence-electron chi connectivity index (χ2n) is 9.31. The Morgan fingerprint density at radius 2 is 1.91 bits per heavy atom. The van der Waals surface area contributed by atoms with Crippen molar-refractivity contribution in [2.75, 3.05) is 13.1 Å². The van der Waals surface area contributed by atoms with E-state index in [2.05, 4.69) is 45.5 Å². The van der Waals surface area contributed by atoms with Gasteiger partial charge in [0.1, 0.15) is 17.4 Å². The van der Waals surface area contributed by atoms with Crippen LogP contribution in [0.1, 0.15) is 62.2 Å². The van der Waals surface area contributed by atoms with E-state index >= 15 is 0 Å². The Kier molecular flexibility index (Phi) is 5.14. The molecule has 0 radical (unpaired) electrons. The van der Waals surface area contributed by atoms with E-state index in [1.165, 1.54) is 18.5 Å². The Hall–Kier alpha value is -3.19. The molecule has 1 saturated carbocycles. The summed E-state index contributed by atoms with van der Waals surface area (Å²) in [6, 6.07) is 11.3. The lowest BCUT2D eigenvalue weighted by atomic mass is 10.0. The zero-order valence-electron chi connectivity index (χ0n) is 19.2. The molecule has 0 amide bonds. The van der Waals surface area contributed by atoms with E-state index in [1.54, 1.807) is 0 Å². The zero-order valence-corrected chi connectivity index (χ0v) is 19.2. The van der Waals surface area contributed by atoms with Gasteiger partial charge in [-0.25, -0.2) is 4.98 Å². The number of hydrogen-bond acceptors (Lipinski definition) is 5. The number of piperidine rings is 1. The minimum absolute atomic E-state index is 0.161. The van der Waals surface area contributed by atoms with Crippen molar-refractivity contribution in [3.05, 3.63) is 60.4 Å². The third-order valence-electron chi connectivity index (χ3n) is 6.99. The fraction of sp³-hybridized carbons (Fsp3) is 0.423. The van der Waals surface area contributed by atoms with Gasteiger partial charge in [-0.1, -0.05) is 6.07 Å². The minimum Gasteiger partial charge on any atom is -0.482 e. The van der Waals surface area contributed by atoms with Gasteiger partial charge in [-0.05, 0) is 82.4 Å². The maximum atomic E-state index is 6.56. The number of nitrogens with one attached hydrogen (secondary N) is 1. The maximum absolute atomic E-state index is 6.56. The average Bonchev–Trinajstić information content (AvgIpc) is 3.49. The molecule has 33 heavy (non-hydrogen) atoms. The first-order valence-corrected chi connectivity index (χ1v) is 12.0. The molecule has 1 aliphatic heterocycles. The minimum atomic E-state index is -0.161. The number of fused-ring (bicyclic) bond motifs is 1. The Balaban J connectivity index is 1.42. The Labute approximate surface area is 193 Å². The Morgan fingerprint density at radius 3 is 2.67 bits per heavy atom. The molecule has 1 atom stereocenters. The molecule has 1 N–H and O–H groups in total. The fourth-order valence-corrected chi connectivity index (χ4v) is 5.00. The summed E-state index contributed by atoms with van der Waals surface area (Å²) >= 11 is 0. The quantitative estimate of drug-likeness (QED) is 0.455. The first-order chi connectivity index (χ1) is 16.2. The van der Waals surface area contributed by atoms with Crippen molar-refractivity contribution in [2.24, 2.45) is 0 Å². The summed E-state index contributed by atoms with van der Waals surface area (Å²) in [5, 5.41) is 8.23. The van der Waals surface area contributed by atoms with E-state index in [0.29, 0.717) is 12.1 Å². The topological polar surface area (TPSA) is 69.8 Å². The summed E-state index contributed by atoms with van der Waals surface area (Å²) in [7, 11) is 0. The van der Waals surface area contributed by atoms with Crippen LogP contribution in [-0.2, 0) is 0 Å². The highest BCUT2D eigenvalue weighted by atomic mass is 16.5. The second kappa shape index (κ2) is 8.30. The molecule has 4 aromatic rings. The molecule has 1 saturated heterocycles. The number of nitrogens with zero attached hydrogens (tertiary/aromatic N) is 5. The van der Waals surface area contributed by atoms with E-state index in [-0.39, 0.29) is 6.10 Å². The number of hydrogen-bond donors (Lipinski definition) is 1. The highest BCUT2D eigenvalue weighted by Crippen LogP contribution is 2.42. The first-order valence-electron chi connectivity index (χ1n) is 12.0. The summed E-state index contributed by atoms with van der Waals surface area (Å²) in [5.41, 5.74) is 6.41. The number of imidazole rings is 1. The molecule has 1 aromatic carbocycles. The van der Waals surface area contributed by atoms with E-state index in [4.69, 9.17) is 14.8 Å². The summed E-state index contributed by atoms with van der Waals surface area (Å²) in [5.74, 6) is 0.860. The number of pyridine rings is 1. The van der Waals surface area contributed by atoms with Crippen molar-refractivity contribution >= 4 is 11.0 Å². The molecule has 3 aromatic heterocycles. The largest absolute Gasteiger partial charge is 0.482 e. The molecular weight excluding hydrogens is 412 g/mol. The van der Waals surface area contributed by atoms with E-state index in [9.17, 15) is 0 Å². The van der Waals surface area contributed by atoms with Gasteiger partial charge in [0.25, 0.3) is 0 Å². The van der Waals surface area contributed by atoms with Crippen LogP contribution in [0.5, 0.6) is 5.75 Å². The van der Waals surface area contributed by atoms with Crippen LogP contribution in [0.25, 0.3) is 22.2 Å². The van der Waals surface area contributed by atoms with Crippen molar-refractivity contribution in [3.8, 4) is 16.9 Å². The Bertz CT molecular complexity index is 1270. The lowest BCUT2D eigenvalue weighted by Gasteiger charge is -2.24. The molecule has 7 nitrogen and oxygen atoms in total. The summed E-state index contributed by atoms with van der Waals surface area (Å²) in [6.07, 6.45) is 10.2. The highest BCUT2D eigenvalue weighted by molar-refractivity contribution is 5.88. The predicted octanol–water partition coefficient (Wildman–Crippen LogP) is 5.00. The number of benzene rings is 1.